The molecule has 1 aliphatic carbocycles. The number of rotatable bonds is 3. The average Bonchev–Trinajstić information content (AvgIpc) is 2.95. The van der Waals surface area contributed by atoms with Crippen LogP contribution in [0.5, 0.6) is 0 Å². The molecule has 2 aromatic carbocycles. The minimum atomic E-state index is 0.163. The van der Waals surface area contributed by atoms with Gasteiger partial charge in [-0.1, -0.05) is 67.1 Å². The van der Waals surface area contributed by atoms with E-state index in [1.165, 1.54) is 17.5 Å². The third kappa shape index (κ3) is 3.16. The lowest BCUT2D eigenvalue weighted by atomic mass is 9.82. The van der Waals surface area contributed by atoms with E-state index in [0.717, 1.165) is 25.8 Å². The lowest BCUT2D eigenvalue weighted by Crippen LogP contribution is -2.36. The number of hydrogen-bond acceptors (Lipinski definition) is 2. The molecule has 2 aromatic rings. The van der Waals surface area contributed by atoms with Gasteiger partial charge in [-0.3, -0.25) is 9.69 Å². The van der Waals surface area contributed by atoms with E-state index >= 15 is 0 Å². The highest BCUT2D eigenvalue weighted by molar-refractivity contribution is 5.83. The first-order valence-electron chi connectivity index (χ1n) is 9.64. The topological polar surface area (TPSA) is 20.3 Å². The van der Waals surface area contributed by atoms with Gasteiger partial charge in [0.25, 0.3) is 0 Å². The van der Waals surface area contributed by atoms with E-state index in [4.69, 9.17) is 0 Å². The zero-order valence-electron chi connectivity index (χ0n) is 15.0. The Morgan fingerprint density at radius 3 is 2.36 bits per heavy atom. The highest BCUT2D eigenvalue weighted by Gasteiger charge is 2.47. The Balaban J connectivity index is 1.69. The van der Waals surface area contributed by atoms with E-state index in [-0.39, 0.29) is 5.92 Å². The van der Waals surface area contributed by atoms with Gasteiger partial charge >= 0.3 is 0 Å². The number of likely N-dealkylation sites (tertiary alicyclic amines) is 1. The Hall–Kier alpha value is -1.93. The van der Waals surface area contributed by atoms with Crippen molar-refractivity contribution < 1.29 is 4.79 Å². The molecular formula is C23H27NO. The Bertz CT molecular complexity index is 711. The van der Waals surface area contributed by atoms with Gasteiger partial charge in [0.2, 0.25) is 0 Å². The predicted molar refractivity (Wildman–Crippen MR) is 101 cm³/mol. The van der Waals surface area contributed by atoms with Crippen LogP contribution >= 0.6 is 0 Å². The molecule has 25 heavy (non-hydrogen) atoms. The SMILES string of the molecule is C[C@H](c1ccccc1)N1C[C@@H](c2ccccc2)[C@@H]2C(=O)CCCC[C@H]21. The van der Waals surface area contributed by atoms with Crippen LogP contribution in [-0.4, -0.2) is 23.3 Å². The Labute approximate surface area is 150 Å². The van der Waals surface area contributed by atoms with Crippen molar-refractivity contribution in [2.45, 2.75) is 50.6 Å². The molecule has 0 N–H and O–H groups in total. The molecule has 2 aliphatic rings. The van der Waals surface area contributed by atoms with Crippen LogP contribution in [0.15, 0.2) is 60.7 Å². The van der Waals surface area contributed by atoms with E-state index < -0.39 is 0 Å². The van der Waals surface area contributed by atoms with Crippen molar-refractivity contribution in [2.75, 3.05) is 6.54 Å². The first-order chi connectivity index (χ1) is 12.3. The molecule has 0 amide bonds. The van der Waals surface area contributed by atoms with Crippen LogP contribution in [0, 0.1) is 5.92 Å². The lowest BCUT2D eigenvalue weighted by molar-refractivity contribution is -0.123. The molecule has 2 nitrogen and oxygen atoms in total. The molecule has 4 atom stereocenters. The second-order valence-electron chi connectivity index (χ2n) is 7.61. The lowest BCUT2D eigenvalue weighted by Gasteiger charge is -2.32. The normalized spacial score (nSPS) is 28.4. The minimum Gasteiger partial charge on any atom is -0.299 e. The third-order valence-electron chi connectivity index (χ3n) is 6.23. The maximum Gasteiger partial charge on any atom is 0.138 e. The molecular weight excluding hydrogens is 306 g/mol. The fourth-order valence-corrected chi connectivity index (χ4v) is 4.94. The number of hydrogen-bond donors (Lipinski definition) is 0. The second-order valence-corrected chi connectivity index (χ2v) is 7.61. The molecule has 130 valence electrons. The van der Waals surface area contributed by atoms with Crippen molar-refractivity contribution in [3.63, 3.8) is 0 Å². The van der Waals surface area contributed by atoms with Gasteiger partial charge in [0.15, 0.2) is 0 Å². The quantitative estimate of drug-likeness (QED) is 0.790. The van der Waals surface area contributed by atoms with Crippen molar-refractivity contribution >= 4 is 5.78 Å². The summed E-state index contributed by atoms with van der Waals surface area (Å²) >= 11 is 0. The Morgan fingerprint density at radius 1 is 0.960 bits per heavy atom. The summed E-state index contributed by atoms with van der Waals surface area (Å²) in [5, 5.41) is 0. The van der Waals surface area contributed by atoms with Crippen LogP contribution in [0.4, 0.5) is 0 Å². The number of Topliss-reactive ketones (excluding diaryl/α,β-unsaturated/α-hetero) is 1. The predicted octanol–water partition coefficient (Wildman–Crippen LogP) is 4.97. The summed E-state index contributed by atoms with van der Waals surface area (Å²) in [5.41, 5.74) is 2.68. The van der Waals surface area contributed by atoms with Crippen LogP contribution < -0.4 is 0 Å². The van der Waals surface area contributed by atoms with Gasteiger partial charge in [-0.25, -0.2) is 0 Å². The molecule has 0 radical (unpaired) electrons. The van der Waals surface area contributed by atoms with Crippen LogP contribution in [0.25, 0.3) is 0 Å². The molecule has 0 unspecified atom stereocenters. The molecule has 2 fully saturated rings. The minimum absolute atomic E-state index is 0.163. The van der Waals surface area contributed by atoms with Crippen LogP contribution in [-0.2, 0) is 4.79 Å². The monoisotopic (exact) mass is 333 g/mol. The van der Waals surface area contributed by atoms with Crippen LogP contribution in [0.3, 0.4) is 0 Å². The van der Waals surface area contributed by atoms with E-state index in [9.17, 15) is 4.79 Å². The maximum absolute atomic E-state index is 13.0. The standard InChI is InChI=1S/C23H27NO/c1-17(18-10-4-2-5-11-18)24-16-20(19-12-6-3-7-13-19)23-21(24)14-8-9-15-22(23)25/h2-7,10-13,17,20-21,23H,8-9,14-16H2,1H3/t17-,20+,21-,23+/m1/s1. The molecule has 0 bridgehead atoms. The van der Waals surface area contributed by atoms with Gasteiger partial charge in [0.1, 0.15) is 5.78 Å². The number of nitrogens with zero attached hydrogens (tertiary/aromatic N) is 1. The summed E-state index contributed by atoms with van der Waals surface area (Å²) in [6.45, 7) is 3.29. The summed E-state index contributed by atoms with van der Waals surface area (Å²) in [6, 6.07) is 22.2. The number of benzene rings is 2. The highest BCUT2D eigenvalue weighted by Crippen LogP contribution is 2.45. The van der Waals surface area contributed by atoms with Gasteiger partial charge in [0, 0.05) is 36.9 Å². The average molecular weight is 333 g/mol. The summed E-state index contributed by atoms with van der Waals surface area (Å²) in [5.74, 6) is 0.984. The Morgan fingerprint density at radius 2 is 1.64 bits per heavy atom. The van der Waals surface area contributed by atoms with E-state index in [1.54, 1.807) is 0 Å². The molecule has 2 heteroatoms. The molecule has 0 spiro atoms. The fourth-order valence-electron chi connectivity index (χ4n) is 4.94. The summed E-state index contributed by atoms with van der Waals surface area (Å²) in [4.78, 5) is 15.6. The second kappa shape index (κ2) is 7.13. The summed E-state index contributed by atoms with van der Waals surface area (Å²) < 4.78 is 0. The maximum atomic E-state index is 13.0. The van der Waals surface area contributed by atoms with E-state index in [1.807, 2.05) is 0 Å². The summed E-state index contributed by atoms with van der Waals surface area (Å²) in [6.07, 6.45) is 4.14. The number of carbonyl (C=O) groups is 1. The van der Waals surface area contributed by atoms with Crippen molar-refractivity contribution in [3.05, 3.63) is 71.8 Å². The molecule has 1 saturated heterocycles. The molecule has 0 aromatic heterocycles. The molecule has 1 saturated carbocycles. The smallest absolute Gasteiger partial charge is 0.138 e. The van der Waals surface area contributed by atoms with E-state index in [2.05, 4.69) is 72.5 Å². The molecule has 1 heterocycles. The van der Waals surface area contributed by atoms with Gasteiger partial charge in [-0.15, -0.1) is 0 Å². The molecule has 1 aliphatic heterocycles. The van der Waals surface area contributed by atoms with Gasteiger partial charge in [-0.2, -0.15) is 0 Å². The number of fused-ring (bicyclic) bond motifs is 1. The molecule has 4 rings (SSSR count). The number of carbonyl (C=O) groups excluding carboxylic acids is 1. The zero-order valence-corrected chi connectivity index (χ0v) is 15.0. The third-order valence-corrected chi connectivity index (χ3v) is 6.23. The van der Waals surface area contributed by atoms with Crippen molar-refractivity contribution in [2.24, 2.45) is 5.92 Å². The van der Waals surface area contributed by atoms with Crippen molar-refractivity contribution in [1.82, 2.24) is 4.90 Å². The number of ketones is 1. The van der Waals surface area contributed by atoms with Gasteiger partial charge < -0.3 is 0 Å². The zero-order chi connectivity index (χ0) is 17.2. The summed E-state index contributed by atoms with van der Waals surface area (Å²) in [7, 11) is 0. The first-order valence-corrected chi connectivity index (χ1v) is 9.64. The van der Waals surface area contributed by atoms with Gasteiger partial charge in [-0.05, 0) is 30.9 Å². The Kier molecular flexibility index (Phi) is 4.72. The van der Waals surface area contributed by atoms with Crippen LogP contribution in [0.1, 0.15) is 55.7 Å². The van der Waals surface area contributed by atoms with Crippen molar-refractivity contribution in [3.8, 4) is 0 Å². The van der Waals surface area contributed by atoms with Crippen molar-refractivity contribution in [1.29, 1.82) is 0 Å². The van der Waals surface area contributed by atoms with Crippen LogP contribution in [0.2, 0.25) is 0 Å². The fraction of sp³-hybridized carbons (Fsp3) is 0.435. The highest BCUT2D eigenvalue weighted by atomic mass is 16.1. The van der Waals surface area contributed by atoms with Gasteiger partial charge in [0.05, 0.1) is 0 Å². The first kappa shape index (κ1) is 16.5. The van der Waals surface area contributed by atoms with E-state index in [0.29, 0.717) is 23.8 Å². The largest absolute Gasteiger partial charge is 0.299 e.